The van der Waals surface area contributed by atoms with Crippen LogP contribution in [0.5, 0.6) is 0 Å². The molecule has 0 bridgehead atoms. The third-order valence-corrected chi connectivity index (χ3v) is 12.4. The zero-order valence-corrected chi connectivity index (χ0v) is 22.5. The Hall–Kier alpha value is -1.82. The lowest BCUT2D eigenvalue weighted by Gasteiger charge is -2.63. The fraction of sp³-hybridized carbons (Fsp3) is 0.571. The molecule has 10 atom stereocenters. The van der Waals surface area contributed by atoms with Gasteiger partial charge < -0.3 is 19.7 Å². The summed E-state index contributed by atoms with van der Waals surface area (Å²) >= 11 is 3.09. The van der Waals surface area contributed by atoms with E-state index in [1.807, 2.05) is 17.5 Å². The van der Waals surface area contributed by atoms with Gasteiger partial charge in [-0.2, -0.15) is 0 Å². The molecule has 5 aliphatic rings. The Bertz CT molecular complexity index is 1400. The number of hydrogen-bond acceptors (Lipinski definition) is 8. The highest BCUT2D eigenvalue weighted by Gasteiger charge is 2.80. The van der Waals surface area contributed by atoms with Crippen LogP contribution in [-0.4, -0.2) is 58.0 Å². The Kier molecular flexibility index (Phi) is 5.22. The lowest BCUT2D eigenvalue weighted by molar-refractivity contribution is -0.234. The fourth-order valence-corrected chi connectivity index (χ4v) is 10.7. The van der Waals surface area contributed by atoms with Crippen LogP contribution in [0.4, 0.5) is 8.78 Å². The molecular formula is C28H28F2O6S2. The molecule has 0 radical (unpaired) electrons. The minimum atomic E-state index is -2.26. The second kappa shape index (κ2) is 7.89. The van der Waals surface area contributed by atoms with Gasteiger partial charge in [0.1, 0.15) is 12.8 Å². The predicted molar refractivity (Wildman–Crippen MR) is 137 cm³/mol. The van der Waals surface area contributed by atoms with Crippen molar-refractivity contribution in [2.75, 3.05) is 6.61 Å². The van der Waals surface area contributed by atoms with Gasteiger partial charge in [-0.05, 0) is 67.3 Å². The highest BCUT2D eigenvalue weighted by Crippen LogP contribution is 2.72. The third-order valence-electron chi connectivity index (χ3n) is 10.3. The van der Waals surface area contributed by atoms with Crippen LogP contribution in [0.3, 0.4) is 0 Å². The maximum atomic E-state index is 17.4. The van der Waals surface area contributed by atoms with E-state index in [1.165, 1.54) is 23.5 Å². The van der Waals surface area contributed by atoms with Gasteiger partial charge in [-0.25, -0.2) is 8.78 Å². The van der Waals surface area contributed by atoms with Gasteiger partial charge in [-0.15, -0.1) is 22.7 Å². The lowest BCUT2D eigenvalue weighted by atomic mass is 9.44. The standard InChI is InChI=1S/C28H28F2O6S2/c1-25-5-3-13(32)7-16(25)17(29)8-15-14-9-23-28(22(34)12-31,26(14,2)11-21(33)27(15,25)30)36-24(35-23)20-10-19-18(38-20)4-6-37-19/h3-7,10,14-15,17,21,23-24,31,33H,8-9,11-12H2,1-2H3/t14-,15-,17-,21-,23+,24+,25-,26-,27-,28+/m0/s1. The van der Waals surface area contributed by atoms with Crippen molar-refractivity contribution in [2.45, 2.75) is 69.0 Å². The van der Waals surface area contributed by atoms with E-state index in [0.29, 0.717) is 0 Å². The molecule has 0 spiro atoms. The van der Waals surface area contributed by atoms with E-state index in [-0.39, 0.29) is 24.8 Å². The second-order valence-electron chi connectivity index (χ2n) is 11.8. The number of thiophene rings is 2. The summed E-state index contributed by atoms with van der Waals surface area (Å²) in [4.78, 5) is 26.4. The van der Waals surface area contributed by atoms with Gasteiger partial charge in [0.25, 0.3) is 0 Å². The van der Waals surface area contributed by atoms with Crippen molar-refractivity contribution in [1.29, 1.82) is 0 Å². The Morgan fingerprint density at radius 3 is 2.76 bits per heavy atom. The third kappa shape index (κ3) is 2.79. The summed E-state index contributed by atoms with van der Waals surface area (Å²) in [6.45, 7) is 2.54. The lowest BCUT2D eigenvalue weighted by Crippen LogP contribution is -2.70. The zero-order chi connectivity index (χ0) is 26.8. The fourth-order valence-electron chi connectivity index (χ4n) is 8.59. The molecule has 202 valence electrons. The molecule has 10 heteroatoms. The van der Waals surface area contributed by atoms with Crippen LogP contribution in [0.15, 0.2) is 41.3 Å². The van der Waals surface area contributed by atoms with Gasteiger partial charge in [-0.3, -0.25) is 9.59 Å². The van der Waals surface area contributed by atoms with Crippen LogP contribution in [0.2, 0.25) is 0 Å². The topological polar surface area (TPSA) is 93.1 Å². The first kappa shape index (κ1) is 25.2. The SMILES string of the molecule is C[C@]12C=CC(=O)C=C1[C@@H](F)C[C@H]1[C@@H]3C[C@H]4O[C@@H](c5cc6sccc6s5)O[C@@]4(C(=O)CO)[C@@]3(C)C[C@H](O)[C@@]12F. The van der Waals surface area contributed by atoms with Crippen LogP contribution < -0.4 is 0 Å². The van der Waals surface area contributed by atoms with E-state index < -0.39 is 76.8 Å². The summed E-state index contributed by atoms with van der Waals surface area (Å²) in [6.07, 6.45) is -1.11. The Balaban J connectivity index is 1.32. The van der Waals surface area contributed by atoms with Crippen molar-refractivity contribution in [2.24, 2.45) is 22.7 Å². The molecule has 0 unspecified atom stereocenters. The Morgan fingerprint density at radius 1 is 1.24 bits per heavy atom. The van der Waals surface area contributed by atoms with Crippen molar-refractivity contribution in [3.8, 4) is 0 Å². The summed E-state index contributed by atoms with van der Waals surface area (Å²) in [5.74, 6) is -2.50. The smallest absolute Gasteiger partial charge is 0.194 e. The number of Topliss-reactive ketones (excluding diaryl/α,β-unsaturated/α-hetero) is 1. The molecule has 4 fully saturated rings. The normalized spacial score (nSPS) is 47.4. The predicted octanol–water partition coefficient (Wildman–Crippen LogP) is 4.61. The number of carbonyl (C=O) groups excluding carboxylic acids is 2. The molecule has 0 aromatic carbocycles. The van der Waals surface area contributed by atoms with Gasteiger partial charge in [0.2, 0.25) is 0 Å². The number of alkyl halides is 2. The summed E-state index contributed by atoms with van der Waals surface area (Å²) < 4.78 is 48.1. The maximum Gasteiger partial charge on any atom is 0.194 e. The van der Waals surface area contributed by atoms with E-state index in [1.54, 1.807) is 25.2 Å². The van der Waals surface area contributed by atoms with Crippen LogP contribution in [0, 0.1) is 22.7 Å². The molecule has 0 amide bonds. The molecule has 6 nitrogen and oxygen atoms in total. The van der Waals surface area contributed by atoms with Gasteiger partial charge in [0.05, 0.1) is 17.1 Å². The molecule has 4 aliphatic carbocycles. The average molecular weight is 563 g/mol. The highest BCUT2D eigenvalue weighted by atomic mass is 32.1. The van der Waals surface area contributed by atoms with Gasteiger partial charge >= 0.3 is 0 Å². The molecule has 2 aromatic rings. The van der Waals surface area contributed by atoms with Crippen LogP contribution >= 0.6 is 22.7 Å². The number of fused-ring (bicyclic) bond motifs is 8. The molecule has 1 aliphatic heterocycles. The number of halogens is 2. The monoisotopic (exact) mass is 562 g/mol. The quantitative estimate of drug-likeness (QED) is 0.568. The van der Waals surface area contributed by atoms with Crippen molar-refractivity contribution in [3.05, 3.63) is 46.2 Å². The van der Waals surface area contributed by atoms with Gasteiger partial charge in [0.15, 0.2) is 29.1 Å². The van der Waals surface area contributed by atoms with Crippen LogP contribution in [-0.2, 0) is 19.1 Å². The minimum absolute atomic E-state index is 0.0518. The van der Waals surface area contributed by atoms with Crippen LogP contribution in [0.1, 0.15) is 44.3 Å². The van der Waals surface area contributed by atoms with Crippen molar-refractivity contribution >= 4 is 43.6 Å². The molecule has 2 N–H and O–H groups in total. The number of ketones is 2. The number of ether oxygens (including phenoxy) is 2. The Morgan fingerprint density at radius 2 is 2.03 bits per heavy atom. The number of rotatable bonds is 3. The number of aliphatic hydroxyl groups excluding tert-OH is 2. The van der Waals surface area contributed by atoms with Crippen molar-refractivity contribution < 1.29 is 38.1 Å². The number of hydrogen-bond donors (Lipinski definition) is 2. The van der Waals surface area contributed by atoms with E-state index in [9.17, 15) is 19.8 Å². The Labute approximate surface area is 225 Å². The maximum absolute atomic E-state index is 17.4. The molecule has 38 heavy (non-hydrogen) atoms. The number of allylic oxidation sites excluding steroid dienone is 4. The highest BCUT2D eigenvalue weighted by molar-refractivity contribution is 7.26. The first-order valence-corrected chi connectivity index (χ1v) is 14.6. The van der Waals surface area contributed by atoms with E-state index in [2.05, 4.69) is 0 Å². The molecule has 2 aromatic heterocycles. The number of carbonyl (C=O) groups is 2. The van der Waals surface area contributed by atoms with Gasteiger partial charge in [0, 0.05) is 26.1 Å². The largest absolute Gasteiger partial charge is 0.390 e. The van der Waals surface area contributed by atoms with Crippen LogP contribution in [0.25, 0.3) is 9.40 Å². The molecule has 1 saturated heterocycles. The molecule has 3 saturated carbocycles. The van der Waals surface area contributed by atoms with E-state index in [4.69, 9.17) is 9.47 Å². The molecule has 3 heterocycles. The summed E-state index contributed by atoms with van der Waals surface area (Å²) in [7, 11) is 0. The zero-order valence-electron chi connectivity index (χ0n) is 20.9. The summed E-state index contributed by atoms with van der Waals surface area (Å²) in [5.41, 5.74) is -6.45. The van der Waals surface area contributed by atoms with E-state index >= 15 is 8.78 Å². The van der Waals surface area contributed by atoms with Crippen molar-refractivity contribution in [1.82, 2.24) is 0 Å². The molecular weight excluding hydrogens is 534 g/mol. The molecule has 7 rings (SSSR count). The van der Waals surface area contributed by atoms with Crippen molar-refractivity contribution in [3.63, 3.8) is 0 Å². The first-order valence-electron chi connectivity index (χ1n) is 12.9. The average Bonchev–Trinajstić information content (AvgIpc) is 3.62. The van der Waals surface area contributed by atoms with Gasteiger partial charge in [-0.1, -0.05) is 13.0 Å². The second-order valence-corrected chi connectivity index (χ2v) is 13.8. The minimum Gasteiger partial charge on any atom is -0.390 e. The summed E-state index contributed by atoms with van der Waals surface area (Å²) in [5, 5.41) is 23.6. The number of aliphatic hydroxyl groups is 2. The summed E-state index contributed by atoms with van der Waals surface area (Å²) in [6, 6.07) is 3.97. The van der Waals surface area contributed by atoms with E-state index in [0.717, 1.165) is 20.4 Å². The first-order chi connectivity index (χ1) is 18.0.